The molecule has 0 radical (unpaired) electrons. The molecule has 0 amide bonds. The standard InChI is InChI=1S/C19H21ClFNO3S/c1-3-13(22(2)11-19(23)24)12-25-17-6-4-5-7-18(17)26-14-8-9-16(21)15(20)10-14/h4-10,13H,3,11-12H2,1-2H3,(H,23,24). The summed E-state index contributed by atoms with van der Waals surface area (Å²) in [4.78, 5) is 14.3. The first-order valence-corrected chi connectivity index (χ1v) is 9.37. The summed E-state index contributed by atoms with van der Waals surface area (Å²) in [6.07, 6.45) is 0.770. The minimum absolute atomic E-state index is 0.00979. The number of carboxylic acids is 1. The van der Waals surface area contributed by atoms with Crippen LogP contribution in [0.25, 0.3) is 0 Å². The van der Waals surface area contributed by atoms with Gasteiger partial charge < -0.3 is 9.84 Å². The fraction of sp³-hybridized carbons (Fsp3) is 0.316. The van der Waals surface area contributed by atoms with Crippen LogP contribution in [0.15, 0.2) is 52.3 Å². The number of nitrogens with zero attached hydrogens (tertiary/aromatic N) is 1. The number of likely N-dealkylation sites (N-methyl/N-ethyl adjacent to an activating group) is 1. The molecule has 0 aliphatic heterocycles. The highest BCUT2D eigenvalue weighted by Crippen LogP contribution is 2.36. The second-order valence-corrected chi connectivity index (χ2v) is 7.33. The largest absolute Gasteiger partial charge is 0.491 e. The molecule has 0 aliphatic rings. The van der Waals surface area contributed by atoms with Crippen molar-refractivity contribution in [3.8, 4) is 5.75 Å². The highest BCUT2D eigenvalue weighted by molar-refractivity contribution is 7.99. The lowest BCUT2D eigenvalue weighted by Crippen LogP contribution is -2.39. The zero-order chi connectivity index (χ0) is 19.1. The summed E-state index contributed by atoms with van der Waals surface area (Å²) in [5.74, 6) is -0.622. The van der Waals surface area contributed by atoms with Crippen molar-refractivity contribution in [1.29, 1.82) is 0 Å². The van der Waals surface area contributed by atoms with Crippen molar-refractivity contribution in [3.05, 3.63) is 53.3 Å². The molecule has 1 atom stereocenters. The van der Waals surface area contributed by atoms with Crippen LogP contribution in [-0.4, -0.2) is 42.2 Å². The van der Waals surface area contributed by atoms with Gasteiger partial charge >= 0.3 is 5.97 Å². The van der Waals surface area contributed by atoms with E-state index in [0.717, 1.165) is 16.2 Å². The highest BCUT2D eigenvalue weighted by atomic mass is 35.5. The summed E-state index contributed by atoms with van der Waals surface area (Å²) in [6, 6.07) is 12.1. The molecule has 0 saturated heterocycles. The Morgan fingerprint density at radius 2 is 2.08 bits per heavy atom. The molecule has 0 spiro atoms. The summed E-state index contributed by atoms with van der Waals surface area (Å²) in [5.41, 5.74) is 0. The van der Waals surface area contributed by atoms with Crippen LogP contribution in [0.5, 0.6) is 5.75 Å². The lowest BCUT2D eigenvalue weighted by atomic mass is 10.2. The molecule has 0 saturated carbocycles. The van der Waals surface area contributed by atoms with Crippen LogP contribution in [0, 0.1) is 5.82 Å². The minimum atomic E-state index is -0.866. The molecule has 7 heteroatoms. The number of para-hydroxylation sites is 1. The third-order valence-electron chi connectivity index (χ3n) is 3.88. The fourth-order valence-corrected chi connectivity index (χ4v) is 3.59. The van der Waals surface area contributed by atoms with E-state index in [4.69, 9.17) is 21.4 Å². The Hall–Kier alpha value is -1.76. The second kappa shape index (κ2) is 9.80. The van der Waals surface area contributed by atoms with Crippen LogP contribution < -0.4 is 4.74 Å². The Balaban J connectivity index is 2.08. The molecule has 1 N–H and O–H groups in total. The quantitative estimate of drug-likeness (QED) is 0.658. The number of carboxylic acid groups (broad SMARTS) is 1. The SMILES string of the molecule is CCC(COc1ccccc1Sc1ccc(F)c(Cl)c1)N(C)CC(=O)O. The third kappa shape index (κ3) is 5.90. The van der Waals surface area contributed by atoms with Crippen molar-refractivity contribution in [2.24, 2.45) is 0 Å². The van der Waals surface area contributed by atoms with Gasteiger partial charge in [-0.05, 0) is 43.8 Å². The van der Waals surface area contributed by atoms with Crippen molar-refractivity contribution in [3.63, 3.8) is 0 Å². The van der Waals surface area contributed by atoms with Gasteiger partial charge in [0.2, 0.25) is 0 Å². The van der Waals surface area contributed by atoms with Crippen LogP contribution in [0.1, 0.15) is 13.3 Å². The molecule has 140 valence electrons. The Bertz CT molecular complexity index is 759. The number of aliphatic carboxylic acids is 1. The minimum Gasteiger partial charge on any atom is -0.491 e. The van der Waals surface area contributed by atoms with Gasteiger partial charge in [-0.3, -0.25) is 9.69 Å². The van der Waals surface area contributed by atoms with Gasteiger partial charge in [-0.15, -0.1) is 0 Å². The molecule has 0 bridgehead atoms. The Morgan fingerprint density at radius 1 is 1.35 bits per heavy atom. The van der Waals surface area contributed by atoms with Crippen molar-refractivity contribution >= 4 is 29.3 Å². The number of carbonyl (C=O) groups is 1. The molecule has 0 aromatic heterocycles. The van der Waals surface area contributed by atoms with E-state index < -0.39 is 11.8 Å². The maximum absolute atomic E-state index is 13.3. The van der Waals surface area contributed by atoms with Crippen molar-refractivity contribution < 1.29 is 19.0 Å². The monoisotopic (exact) mass is 397 g/mol. The number of benzene rings is 2. The van der Waals surface area contributed by atoms with Gasteiger partial charge in [0.15, 0.2) is 0 Å². The summed E-state index contributed by atoms with van der Waals surface area (Å²) in [6.45, 7) is 2.34. The van der Waals surface area contributed by atoms with Crippen LogP contribution in [0.2, 0.25) is 5.02 Å². The van der Waals surface area contributed by atoms with E-state index in [1.165, 1.54) is 17.8 Å². The predicted molar refractivity (Wildman–Crippen MR) is 102 cm³/mol. The Morgan fingerprint density at radius 3 is 2.73 bits per heavy atom. The number of halogens is 2. The average Bonchev–Trinajstić information content (AvgIpc) is 2.59. The van der Waals surface area contributed by atoms with E-state index in [9.17, 15) is 9.18 Å². The number of ether oxygens (including phenoxy) is 1. The zero-order valence-corrected chi connectivity index (χ0v) is 16.2. The lowest BCUT2D eigenvalue weighted by Gasteiger charge is -2.26. The zero-order valence-electron chi connectivity index (χ0n) is 14.6. The third-order valence-corrected chi connectivity index (χ3v) is 5.21. The summed E-state index contributed by atoms with van der Waals surface area (Å²) in [7, 11) is 1.77. The van der Waals surface area contributed by atoms with Gasteiger partial charge in [-0.25, -0.2) is 4.39 Å². The van der Waals surface area contributed by atoms with Gasteiger partial charge in [-0.2, -0.15) is 0 Å². The van der Waals surface area contributed by atoms with Gasteiger partial charge in [0, 0.05) is 10.9 Å². The summed E-state index contributed by atoms with van der Waals surface area (Å²) in [5, 5.41) is 9.02. The molecule has 1 unspecified atom stereocenters. The van der Waals surface area contributed by atoms with Crippen molar-refractivity contribution in [1.82, 2.24) is 4.90 Å². The fourth-order valence-electron chi connectivity index (χ4n) is 2.41. The molecule has 2 aromatic carbocycles. The van der Waals surface area contributed by atoms with Crippen molar-refractivity contribution in [2.75, 3.05) is 20.2 Å². The van der Waals surface area contributed by atoms with Gasteiger partial charge in [0.25, 0.3) is 0 Å². The van der Waals surface area contributed by atoms with E-state index >= 15 is 0 Å². The summed E-state index contributed by atoms with van der Waals surface area (Å²) >= 11 is 7.28. The second-order valence-electron chi connectivity index (χ2n) is 5.81. The molecule has 4 nitrogen and oxygen atoms in total. The molecule has 0 fully saturated rings. The lowest BCUT2D eigenvalue weighted by molar-refractivity contribution is -0.138. The van der Waals surface area contributed by atoms with Gasteiger partial charge in [0.1, 0.15) is 18.2 Å². The van der Waals surface area contributed by atoms with Crippen LogP contribution >= 0.6 is 23.4 Å². The number of hydrogen-bond acceptors (Lipinski definition) is 4. The molecule has 2 aromatic rings. The Labute approximate surface area is 161 Å². The molecular formula is C19H21ClFNO3S. The predicted octanol–water partition coefficient (Wildman–Crippen LogP) is 4.80. The van der Waals surface area contributed by atoms with Crippen molar-refractivity contribution in [2.45, 2.75) is 29.2 Å². The van der Waals surface area contributed by atoms with E-state index in [-0.39, 0.29) is 17.6 Å². The molecule has 0 aliphatic carbocycles. The van der Waals surface area contributed by atoms with E-state index in [0.29, 0.717) is 12.4 Å². The van der Waals surface area contributed by atoms with Crippen LogP contribution in [0.3, 0.4) is 0 Å². The molecule has 26 heavy (non-hydrogen) atoms. The molecule has 0 heterocycles. The first kappa shape index (κ1) is 20.6. The molecule has 2 rings (SSSR count). The van der Waals surface area contributed by atoms with Gasteiger partial charge in [0.05, 0.1) is 16.5 Å². The van der Waals surface area contributed by atoms with E-state index in [2.05, 4.69) is 0 Å². The number of rotatable bonds is 9. The topological polar surface area (TPSA) is 49.8 Å². The average molecular weight is 398 g/mol. The van der Waals surface area contributed by atoms with E-state index in [1.807, 2.05) is 31.2 Å². The van der Waals surface area contributed by atoms with E-state index in [1.54, 1.807) is 24.1 Å². The smallest absolute Gasteiger partial charge is 0.317 e. The van der Waals surface area contributed by atoms with Crippen LogP contribution in [0.4, 0.5) is 4.39 Å². The summed E-state index contributed by atoms with van der Waals surface area (Å²) < 4.78 is 19.3. The van der Waals surface area contributed by atoms with Gasteiger partial charge in [-0.1, -0.05) is 42.4 Å². The maximum atomic E-state index is 13.3. The first-order valence-electron chi connectivity index (χ1n) is 8.17. The highest BCUT2D eigenvalue weighted by Gasteiger charge is 2.17. The first-order chi connectivity index (χ1) is 12.4. The normalized spacial score (nSPS) is 12.2. The van der Waals surface area contributed by atoms with Crippen LogP contribution in [-0.2, 0) is 4.79 Å². The number of hydrogen-bond donors (Lipinski definition) is 1. The maximum Gasteiger partial charge on any atom is 0.317 e. The Kier molecular flexibility index (Phi) is 7.75. The molecular weight excluding hydrogens is 377 g/mol.